The highest BCUT2D eigenvalue weighted by Crippen LogP contribution is 2.15. The van der Waals surface area contributed by atoms with E-state index >= 15 is 0 Å². The van der Waals surface area contributed by atoms with Crippen LogP contribution in [0.3, 0.4) is 0 Å². The Labute approximate surface area is 65.1 Å². The molecule has 0 aliphatic carbocycles. The molecular formula is C7H6FIO. The van der Waals surface area contributed by atoms with Crippen molar-refractivity contribution in [1.82, 2.24) is 0 Å². The Kier molecular flexibility index (Phi) is 2.37. The van der Waals surface area contributed by atoms with Crippen molar-refractivity contribution in [3.05, 3.63) is 33.7 Å². The minimum absolute atomic E-state index is 0.304. The zero-order valence-corrected chi connectivity index (χ0v) is 7.34. The van der Waals surface area contributed by atoms with Gasteiger partial charge in [0.05, 0.1) is 0 Å². The highest BCUT2D eigenvalue weighted by atomic mass is 127. The van der Waals surface area contributed by atoms with Crippen LogP contribution in [0, 0.1) is 9.39 Å². The molecule has 0 spiro atoms. The van der Waals surface area contributed by atoms with Crippen molar-refractivity contribution in [2.45, 2.75) is 0 Å². The van der Waals surface area contributed by atoms with Gasteiger partial charge in [-0.15, -0.1) is 0 Å². The lowest BCUT2D eigenvalue weighted by Crippen LogP contribution is -1.73. The number of hydrogen-bond donors (Lipinski definition) is 0. The summed E-state index contributed by atoms with van der Waals surface area (Å²) in [5, 5.41) is 0. The standard InChI is InChI=1S/C7H6FIO/c1-9(10)7-4-2-6(8)3-5-7/h2-5H,1H2. The van der Waals surface area contributed by atoms with Crippen molar-refractivity contribution in [3.8, 4) is 0 Å². The van der Waals surface area contributed by atoms with Gasteiger partial charge in [-0.1, -0.05) is 0 Å². The maximum absolute atomic E-state index is 12.2. The van der Waals surface area contributed by atoms with E-state index in [2.05, 4.69) is 4.51 Å². The summed E-state index contributed by atoms with van der Waals surface area (Å²) in [7, 11) is 0. The van der Waals surface area contributed by atoms with Crippen molar-refractivity contribution >= 4 is 23.8 Å². The molecule has 54 valence electrons. The molecule has 0 N–H and O–H groups in total. The molecule has 0 saturated heterocycles. The van der Waals surface area contributed by atoms with Gasteiger partial charge in [0.2, 0.25) is 0 Å². The van der Waals surface area contributed by atoms with Gasteiger partial charge in [0.15, 0.2) is 0 Å². The Bertz CT molecular complexity index is 279. The fourth-order valence-corrected chi connectivity index (χ4v) is 1.73. The third-order valence-corrected chi connectivity index (χ3v) is 3.16. The molecule has 0 amide bonds. The van der Waals surface area contributed by atoms with Crippen LogP contribution in [0.2, 0.25) is 0 Å². The van der Waals surface area contributed by atoms with Gasteiger partial charge >= 0.3 is 0 Å². The SMILES string of the molecule is C=I(=O)c1ccc(F)cc1. The van der Waals surface area contributed by atoms with Crippen molar-refractivity contribution < 1.29 is 7.46 Å². The van der Waals surface area contributed by atoms with Crippen molar-refractivity contribution in [3.63, 3.8) is 0 Å². The summed E-state index contributed by atoms with van der Waals surface area (Å²) in [6.45, 7) is 0. The molecule has 1 aromatic carbocycles. The van der Waals surface area contributed by atoms with Crippen molar-refractivity contribution in [2.24, 2.45) is 0 Å². The molecule has 0 heterocycles. The highest BCUT2D eigenvalue weighted by molar-refractivity contribution is 14.2. The van der Waals surface area contributed by atoms with E-state index in [1.165, 1.54) is 24.3 Å². The Morgan fingerprint density at radius 2 is 1.80 bits per heavy atom. The van der Waals surface area contributed by atoms with E-state index in [9.17, 15) is 7.46 Å². The molecule has 0 bridgehead atoms. The normalized spacial score (nSPS) is 10.2. The van der Waals surface area contributed by atoms with Gasteiger partial charge < -0.3 is 0 Å². The second kappa shape index (κ2) is 3.09. The van der Waals surface area contributed by atoms with Crippen LogP contribution in [0.15, 0.2) is 24.3 Å². The van der Waals surface area contributed by atoms with Crippen molar-refractivity contribution in [2.75, 3.05) is 0 Å². The maximum atomic E-state index is 12.2. The molecule has 0 atom stereocenters. The monoisotopic (exact) mass is 252 g/mol. The third kappa shape index (κ3) is 1.76. The first kappa shape index (κ1) is 7.65. The van der Waals surface area contributed by atoms with Gasteiger partial charge in [-0.2, -0.15) is 0 Å². The van der Waals surface area contributed by atoms with E-state index in [4.69, 9.17) is 0 Å². The van der Waals surface area contributed by atoms with Crippen LogP contribution in [0.25, 0.3) is 0 Å². The van der Waals surface area contributed by atoms with Gasteiger partial charge in [-0.05, 0) is 28.8 Å². The van der Waals surface area contributed by atoms with Crippen LogP contribution in [0.1, 0.15) is 0 Å². The lowest BCUT2D eigenvalue weighted by molar-refractivity contribution is 0.627. The first-order chi connectivity index (χ1) is 4.70. The molecule has 1 rings (SSSR count). The topological polar surface area (TPSA) is 17.1 Å². The second-order valence-corrected chi connectivity index (χ2v) is 4.83. The first-order valence-corrected chi connectivity index (χ1v) is 6.11. The number of rotatable bonds is 1. The van der Waals surface area contributed by atoms with E-state index in [0.717, 1.165) is 0 Å². The number of hydrogen-bond acceptors (Lipinski definition) is 1. The quantitative estimate of drug-likeness (QED) is 0.701. The number of halogens is 2. The Morgan fingerprint density at radius 1 is 1.30 bits per heavy atom. The van der Waals surface area contributed by atoms with E-state index in [-0.39, 0.29) is 5.82 Å². The molecule has 0 radical (unpaired) electrons. The highest BCUT2D eigenvalue weighted by Gasteiger charge is 1.91. The third-order valence-electron chi connectivity index (χ3n) is 1.05. The fourth-order valence-electron chi connectivity index (χ4n) is 0.570. The fraction of sp³-hybridized carbons (Fsp3) is 0. The Balaban J connectivity index is 3.12. The predicted octanol–water partition coefficient (Wildman–Crippen LogP) is 2.28. The van der Waals surface area contributed by atoms with Crippen molar-refractivity contribution in [1.29, 1.82) is 0 Å². The molecule has 0 saturated carbocycles. The molecule has 0 unspecified atom stereocenters. The van der Waals surface area contributed by atoms with Crippen LogP contribution in [0.4, 0.5) is 4.39 Å². The second-order valence-electron chi connectivity index (χ2n) is 1.76. The molecule has 1 aromatic rings. The first-order valence-electron chi connectivity index (χ1n) is 2.62. The summed E-state index contributed by atoms with van der Waals surface area (Å²) < 4.78 is 27.1. The number of benzene rings is 1. The Morgan fingerprint density at radius 3 is 2.20 bits per heavy atom. The molecular weight excluding hydrogens is 246 g/mol. The van der Waals surface area contributed by atoms with E-state index in [0.29, 0.717) is 3.57 Å². The van der Waals surface area contributed by atoms with Gasteiger partial charge in [0.1, 0.15) is 25.1 Å². The molecule has 1 nitrogen and oxygen atoms in total. The zero-order chi connectivity index (χ0) is 7.56. The molecule has 0 aromatic heterocycles. The van der Waals surface area contributed by atoms with Gasteiger partial charge in [0, 0.05) is 3.57 Å². The minimum Gasteiger partial charge on any atom is -0.274 e. The minimum atomic E-state index is -2.37. The van der Waals surface area contributed by atoms with E-state index < -0.39 is 19.3 Å². The average molecular weight is 252 g/mol. The maximum Gasteiger partial charge on any atom is 0.123 e. The molecule has 3 heteroatoms. The predicted molar refractivity (Wildman–Crippen MR) is 46.9 cm³/mol. The average Bonchev–Trinajstić information content (AvgIpc) is 1.88. The molecule has 0 aliphatic rings. The molecule has 0 aliphatic heterocycles. The Hall–Kier alpha value is -0.450. The van der Waals surface area contributed by atoms with Crippen LogP contribution in [-0.2, 0) is 3.07 Å². The van der Waals surface area contributed by atoms with Gasteiger partial charge in [-0.25, -0.2) is 4.39 Å². The van der Waals surface area contributed by atoms with Gasteiger partial charge in [0.25, 0.3) is 0 Å². The summed E-state index contributed by atoms with van der Waals surface area (Å²) >= 11 is -2.37. The summed E-state index contributed by atoms with van der Waals surface area (Å²) in [6, 6.07) is 5.62. The summed E-state index contributed by atoms with van der Waals surface area (Å²) in [5.74, 6) is -0.304. The van der Waals surface area contributed by atoms with Crippen LogP contribution < -0.4 is 0 Å². The smallest absolute Gasteiger partial charge is 0.123 e. The van der Waals surface area contributed by atoms with E-state index in [1.807, 2.05) is 0 Å². The lowest BCUT2D eigenvalue weighted by atomic mass is 10.4. The van der Waals surface area contributed by atoms with Crippen LogP contribution in [-0.4, -0.2) is 4.51 Å². The van der Waals surface area contributed by atoms with Crippen LogP contribution in [0.5, 0.6) is 0 Å². The summed E-state index contributed by atoms with van der Waals surface area (Å²) in [5.41, 5.74) is 0. The summed E-state index contributed by atoms with van der Waals surface area (Å²) in [4.78, 5) is 0. The lowest BCUT2D eigenvalue weighted by Gasteiger charge is -1.88. The largest absolute Gasteiger partial charge is 0.274 e. The molecule has 10 heavy (non-hydrogen) atoms. The van der Waals surface area contributed by atoms with Gasteiger partial charge in [-0.3, -0.25) is 3.07 Å². The molecule has 0 fully saturated rings. The zero-order valence-electron chi connectivity index (χ0n) is 5.18. The van der Waals surface area contributed by atoms with Crippen LogP contribution >= 0.6 is 19.3 Å². The summed E-state index contributed by atoms with van der Waals surface area (Å²) in [6.07, 6.45) is 0. The van der Waals surface area contributed by atoms with E-state index in [1.54, 1.807) is 0 Å².